The Morgan fingerprint density at radius 2 is 1.95 bits per heavy atom. The molecule has 2 rings (SSSR count). The largest absolute Gasteiger partial charge is 0.711 e. The van der Waals surface area contributed by atoms with E-state index in [9.17, 15) is 5.21 Å². The Balaban J connectivity index is 2.48. The summed E-state index contributed by atoms with van der Waals surface area (Å²) in [5.74, 6) is 0.638. The molecular weight excluding hydrogens is 280 g/mol. The van der Waals surface area contributed by atoms with Crippen LogP contribution < -0.4 is 4.73 Å². The van der Waals surface area contributed by atoms with Gasteiger partial charge in [-0.05, 0) is 23.9 Å². The predicted octanol–water partition coefficient (Wildman–Crippen LogP) is 4.27. The van der Waals surface area contributed by atoms with Crippen molar-refractivity contribution in [3.05, 3.63) is 27.1 Å². The zero-order valence-electron chi connectivity index (χ0n) is 11.4. The number of nitrogens with zero attached hydrogens (tertiary/aromatic N) is 2. The van der Waals surface area contributed by atoms with Crippen LogP contribution >= 0.6 is 22.9 Å². The van der Waals surface area contributed by atoms with Crippen molar-refractivity contribution in [2.45, 2.75) is 52.4 Å². The van der Waals surface area contributed by atoms with Gasteiger partial charge in [0.25, 0.3) is 0 Å². The Morgan fingerprint density at radius 3 is 2.63 bits per heavy atom. The Kier molecular flexibility index (Phi) is 4.99. The van der Waals surface area contributed by atoms with Gasteiger partial charge in [-0.15, -0.1) is 0 Å². The van der Waals surface area contributed by atoms with Crippen LogP contribution in [0.2, 0.25) is 4.34 Å². The van der Waals surface area contributed by atoms with Crippen LogP contribution in [0, 0.1) is 5.21 Å². The van der Waals surface area contributed by atoms with E-state index in [1.807, 2.05) is 6.07 Å². The predicted molar refractivity (Wildman–Crippen MR) is 80.8 cm³/mol. The van der Waals surface area contributed by atoms with Crippen LogP contribution in [-0.2, 0) is 12.8 Å². The number of fused-ring (bicyclic) bond motifs is 1. The molecule has 0 spiro atoms. The van der Waals surface area contributed by atoms with E-state index in [4.69, 9.17) is 11.6 Å². The number of halogens is 1. The van der Waals surface area contributed by atoms with Gasteiger partial charge in [0.05, 0.1) is 16.1 Å². The van der Waals surface area contributed by atoms with Gasteiger partial charge in [0.2, 0.25) is 4.83 Å². The third-order valence-electron chi connectivity index (χ3n) is 3.22. The molecule has 2 heterocycles. The van der Waals surface area contributed by atoms with Crippen molar-refractivity contribution in [3.8, 4) is 0 Å². The van der Waals surface area contributed by atoms with E-state index >= 15 is 0 Å². The molecule has 0 N–H and O–H groups in total. The van der Waals surface area contributed by atoms with Crippen LogP contribution in [0.25, 0.3) is 10.2 Å². The lowest BCUT2D eigenvalue weighted by Crippen LogP contribution is -2.38. The maximum Gasteiger partial charge on any atom is 0.303 e. The van der Waals surface area contributed by atoms with Gasteiger partial charge in [-0.25, -0.2) is 4.73 Å². The summed E-state index contributed by atoms with van der Waals surface area (Å²) in [5, 5.41) is 13.3. The molecule has 0 amide bonds. The molecule has 2 aromatic heterocycles. The highest BCUT2D eigenvalue weighted by Gasteiger charge is 2.19. The quantitative estimate of drug-likeness (QED) is 0.590. The zero-order chi connectivity index (χ0) is 13.8. The van der Waals surface area contributed by atoms with Gasteiger partial charge in [-0.2, -0.15) is 0 Å². The summed E-state index contributed by atoms with van der Waals surface area (Å²) in [6.07, 6.45) is 5.69. The number of aromatic nitrogens is 2. The number of hydrogen-bond donors (Lipinski definition) is 0. The molecule has 2 aromatic rings. The van der Waals surface area contributed by atoms with E-state index in [0.717, 1.165) is 59.2 Å². The first-order valence-electron chi connectivity index (χ1n) is 6.87. The second-order valence-corrected chi connectivity index (χ2v) is 6.41. The molecule has 0 aliphatic rings. The molecule has 0 aromatic carbocycles. The van der Waals surface area contributed by atoms with Crippen LogP contribution in [0.1, 0.15) is 51.0 Å². The summed E-state index contributed by atoms with van der Waals surface area (Å²) in [7, 11) is 0. The Morgan fingerprint density at radius 1 is 1.26 bits per heavy atom. The summed E-state index contributed by atoms with van der Waals surface area (Å²) < 4.78 is 1.74. The standard InChI is InChI=1S/C14H19ClN2OS/c1-3-5-7-11-10-9-12(15)19-14(10)16-13(17(11)18)8-6-4-2/h9H,3-8H2,1-2H3. The Bertz CT molecular complexity index is 568. The highest BCUT2D eigenvalue weighted by atomic mass is 35.5. The van der Waals surface area contributed by atoms with E-state index in [1.165, 1.54) is 11.3 Å². The van der Waals surface area contributed by atoms with Crippen LogP contribution in [0.3, 0.4) is 0 Å². The van der Waals surface area contributed by atoms with Crippen LogP contribution in [-0.4, -0.2) is 4.98 Å². The van der Waals surface area contributed by atoms with Crippen molar-refractivity contribution in [3.63, 3.8) is 0 Å². The maximum atomic E-state index is 12.4. The van der Waals surface area contributed by atoms with Crippen molar-refractivity contribution in [1.29, 1.82) is 0 Å². The second-order valence-electron chi connectivity index (χ2n) is 4.75. The fourth-order valence-electron chi connectivity index (χ4n) is 2.14. The summed E-state index contributed by atoms with van der Waals surface area (Å²) >= 11 is 7.52. The van der Waals surface area contributed by atoms with E-state index in [2.05, 4.69) is 18.8 Å². The van der Waals surface area contributed by atoms with Crippen LogP contribution in [0.15, 0.2) is 6.07 Å². The van der Waals surface area contributed by atoms with Gasteiger partial charge in [-0.1, -0.05) is 49.6 Å². The van der Waals surface area contributed by atoms with Crippen molar-refractivity contribution in [2.75, 3.05) is 0 Å². The maximum absolute atomic E-state index is 12.4. The molecule has 3 nitrogen and oxygen atoms in total. The number of rotatable bonds is 6. The first-order chi connectivity index (χ1) is 9.17. The SMILES string of the molecule is CCCCc1nc2sc(Cl)cc2c(CCCC)[n+]1[O-]. The first kappa shape index (κ1) is 14.5. The number of unbranched alkanes of at least 4 members (excludes halogenated alkanes) is 2. The van der Waals surface area contributed by atoms with Crippen molar-refractivity contribution in [2.24, 2.45) is 0 Å². The zero-order valence-corrected chi connectivity index (χ0v) is 13.0. The summed E-state index contributed by atoms with van der Waals surface area (Å²) in [4.78, 5) is 5.38. The molecule has 0 aliphatic carbocycles. The van der Waals surface area contributed by atoms with E-state index in [-0.39, 0.29) is 0 Å². The average molecular weight is 299 g/mol. The van der Waals surface area contributed by atoms with E-state index < -0.39 is 0 Å². The average Bonchev–Trinajstić information content (AvgIpc) is 2.75. The van der Waals surface area contributed by atoms with E-state index in [1.54, 1.807) is 0 Å². The van der Waals surface area contributed by atoms with Crippen molar-refractivity contribution < 1.29 is 4.73 Å². The molecule has 0 fully saturated rings. The molecule has 0 saturated carbocycles. The van der Waals surface area contributed by atoms with Crippen LogP contribution in [0.5, 0.6) is 0 Å². The smallest absolute Gasteiger partial charge is 0.303 e. The number of aryl methyl sites for hydroxylation is 2. The highest BCUT2D eigenvalue weighted by molar-refractivity contribution is 7.22. The molecule has 0 saturated heterocycles. The first-order valence-corrected chi connectivity index (χ1v) is 8.07. The highest BCUT2D eigenvalue weighted by Crippen LogP contribution is 2.29. The lowest BCUT2D eigenvalue weighted by Gasteiger charge is -2.12. The second kappa shape index (κ2) is 6.53. The Hall–Kier alpha value is -0.870. The third-order valence-corrected chi connectivity index (χ3v) is 4.38. The molecule has 19 heavy (non-hydrogen) atoms. The van der Waals surface area contributed by atoms with Crippen molar-refractivity contribution >= 4 is 33.2 Å². The Labute approximate surface area is 122 Å². The van der Waals surface area contributed by atoms with Gasteiger partial charge in [0, 0.05) is 6.42 Å². The van der Waals surface area contributed by atoms with Gasteiger partial charge < -0.3 is 5.21 Å². The van der Waals surface area contributed by atoms with Gasteiger partial charge in [0.1, 0.15) is 5.69 Å². The van der Waals surface area contributed by atoms with Crippen LogP contribution in [0.4, 0.5) is 0 Å². The summed E-state index contributed by atoms with van der Waals surface area (Å²) in [5.41, 5.74) is 0.834. The molecular formula is C14H19ClN2OS. The molecule has 0 atom stereocenters. The minimum absolute atomic E-state index is 0.638. The fraction of sp³-hybridized carbons (Fsp3) is 0.571. The third kappa shape index (κ3) is 3.18. The van der Waals surface area contributed by atoms with Gasteiger partial charge in [-0.3, -0.25) is 0 Å². The summed E-state index contributed by atoms with van der Waals surface area (Å²) in [6, 6.07) is 1.87. The van der Waals surface area contributed by atoms with E-state index in [0.29, 0.717) is 10.2 Å². The lowest BCUT2D eigenvalue weighted by atomic mass is 10.1. The minimum Gasteiger partial charge on any atom is -0.711 e. The molecule has 104 valence electrons. The number of hydrogen-bond acceptors (Lipinski definition) is 3. The molecule has 5 heteroatoms. The monoisotopic (exact) mass is 298 g/mol. The topological polar surface area (TPSA) is 39.8 Å². The number of thiophene rings is 1. The molecule has 0 aliphatic heterocycles. The molecule has 0 unspecified atom stereocenters. The minimum atomic E-state index is 0.638. The lowest BCUT2D eigenvalue weighted by molar-refractivity contribution is -0.624. The van der Waals surface area contributed by atoms with Gasteiger partial charge >= 0.3 is 5.82 Å². The summed E-state index contributed by atoms with van der Waals surface area (Å²) in [6.45, 7) is 4.25. The normalized spacial score (nSPS) is 11.3. The van der Waals surface area contributed by atoms with Crippen molar-refractivity contribution in [1.82, 2.24) is 4.98 Å². The molecule has 0 radical (unpaired) electrons. The fourth-order valence-corrected chi connectivity index (χ4v) is 3.27. The van der Waals surface area contributed by atoms with Gasteiger partial charge in [0.15, 0.2) is 0 Å². The molecule has 0 bridgehead atoms.